The first-order valence-electron chi connectivity index (χ1n) is 5.71. The minimum absolute atomic E-state index is 0.0374. The Bertz CT molecular complexity index is 338. The Balaban J connectivity index is 2.29. The van der Waals surface area contributed by atoms with Gasteiger partial charge in [-0.3, -0.25) is 4.79 Å². The zero-order chi connectivity index (χ0) is 12.5. The minimum Gasteiger partial charge on any atom is -0.384 e. The van der Waals surface area contributed by atoms with E-state index in [1.54, 1.807) is 18.9 Å². The van der Waals surface area contributed by atoms with Crippen LogP contribution in [-0.4, -0.2) is 31.1 Å². The molecule has 0 aromatic heterocycles. The number of anilines is 1. The average molecular weight is 253 g/mol. The Morgan fingerprint density at radius 3 is 2.65 bits per heavy atom. The second-order valence-electron chi connectivity index (χ2n) is 3.64. The van der Waals surface area contributed by atoms with Crippen LogP contribution < -0.4 is 5.32 Å². The maximum absolute atomic E-state index is 11.6. The van der Waals surface area contributed by atoms with Gasteiger partial charge in [-0.15, -0.1) is 11.8 Å². The zero-order valence-corrected chi connectivity index (χ0v) is 11.2. The molecular formula is C13H19NO2S. The molecule has 0 spiro atoms. The van der Waals surface area contributed by atoms with Gasteiger partial charge in [0, 0.05) is 18.6 Å². The number of hydrogen-bond donors (Lipinski definition) is 1. The van der Waals surface area contributed by atoms with Gasteiger partial charge in [0.25, 0.3) is 0 Å². The Morgan fingerprint density at radius 2 is 2.06 bits per heavy atom. The number of aryl methyl sites for hydroxylation is 1. The molecule has 94 valence electrons. The summed E-state index contributed by atoms with van der Waals surface area (Å²) in [6.07, 6.45) is 1.01. The van der Waals surface area contributed by atoms with E-state index in [9.17, 15) is 4.79 Å². The number of thioether (sulfide) groups is 1. The summed E-state index contributed by atoms with van der Waals surface area (Å²) >= 11 is 1.58. The third kappa shape index (κ3) is 5.75. The summed E-state index contributed by atoms with van der Waals surface area (Å²) in [7, 11) is 1.66. The number of ether oxygens (including phenoxy) is 1. The first kappa shape index (κ1) is 14.1. The van der Waals surface area contributed by atoms with E-state index in [2.05, 4.69) is 12.2 Å². The van der Waals surface area contributed by atoms with Gasteiger partial charge in [0.1, 0.15) is 0 Å². The molecule has 1 rings (SSSR count). The highest BCUT2D eigenvalue weighted by atomic mass is 32.2. The summed E-state index contributed by atoms with van der Waals surface area (Å²) in [4.78, 5) is 11.6. The van der Waals surface area contributed by atoms with Crippen molar-refractivity contribution in [2.45, 2.75) is 13.3 Å². The monoisotopic (exact) mass is 253 g/mol. The quantitative estimate of drug-likeness (QED) is 0.759. The lowest BCUT2D eigenvalue weighted by Gasteiger charge is -2.05. The molecule has 0 saturated carbocycles. The van der Waals surface area contributed by atoms with Gasteiger partial charge in [-0.1, -0.05) is 19.1 Å². The van der Waals surface area contributed by atoms with Gasteiger partial charge in [0.15, 0.2) is 0 Å². The van der Waals surface area contributed by atoms with Gasteiger partial charge in [0.2, 0.25) is 5.91 Å². The van der Waals surface area contributed by atoms with E-state index >= 15 is 0 Å². The van der Waals surface area contributed by atoms with Crippen LogP contribution in [0.2, 0.25) is 0 Å². The Kier molecular flexibility index (Phi) is 6.74. The molecule has 4 heteroatoms. The van der Waals surface area contributed by atoms with Crippen molar-refractivity contribution in [3.8, 4) is 0 Å². The number of carbonyl (C=O) groups excluding carboxylic acids is 1. The second kappa shape index (κ2) is 8.14. The maximum atomic E-state index is 11.6. The molecule has 1 amide bonds. The van der Waals surface area contributed by atoms with Crippen LogP contribution in [0.3, 0.4) is 0 Å². The zero-order valence-electron chi connectivity index (χ0n) is 10.4. The van der Waals surface area contributed by atoms with Crippen LogP contribution in [0.5, 0.6) is 0 Å². The van der Waals surface area contributed by atoms with Gasteiger partial charge in [0.05, 0.1) is 12.4 Å². The van der Waals surface area contributed by atoms with E-state index < -0.39 is 0 Å². The van der Waals surface area contributed by atoms with Gasteiger partial charge in [-0.2, -0.15) is 0 Å². The fourth-order valence-corrected chi connectivity index (χ4v) is 2.01. The standard InChI is InChI=1S/C13H19NO2S/c1-3-11-4-6-12(7-5-11)14-13(15)10-17-9-8-16-2/h4-7H,3,8-10H2,1-2H3,(H,14,15). The molecule has 1 aromatic carbocycles. The smallest absolute Gasteiger partial charge is 0.234 e. The first-order valence-corrected chi connectivity index (χ1v) is 6.87. The van der Waals surface area contributed by atoms with Crippen LogP contribution in [0, 0.1) is 0 Å². The number of amides is 1. The lowest BCUT2D eigenvalue weighted by molar-refractivity contribution is -0.113. The van der Waals surface area contributed by atoms with Crippen LogP contribution in [0.4, 0.5) is 5.69 Å². The summed E-state index contributed by atoms with van der Waals surface area (Å²) in [5.41, 5.74) is 2.14. The molecule has 1 N–H and O–H groups in total. The van der Waals surface area contributed by atoms with Crippen molar-refractivity contribution >= 4 is 23.4 Å². The number of methoxy groups -OCH3 is 1. The van der Waals surface area contributed by atoms with Crippen molar-refractivity contribution < 1.29 is 9.53 Å². The van der Waals surface area contributed by atoms with Crippen molar-refractivity contribution in [2.75, 3.05) is 30.5 Å². The van der Waals surface area contributed by atoms with Crippen LogP contribution in [-0.2, 0) is 16.0 Å². The van der Waals surface area contributed by atoms with Crippen LogP contribution in [0.15, 0.2) is 24.3 Å². The minimum atomic E-state index is 0.0374. The molecule has 0 aliphatic rings. The van der Waals surface area contributed by atoms with E-state index in [1.807, 2.05) is 24.3 Å². The van der Waals surface area contributed by atoms with Crippen LogP contribution in [0.25, 0.3) is 0 Å². The fraction of sp³-hybridized carbons (Fsp3) is 0.462. The third-order valence-corrected chi connectivity index (χ3v) is 3.23. The molecule has 0 atom stereocenters. The summed E-state index contributed by atoms with van der Waals surface area (Å²) in [6, 6.07) is 7.95. The molecule has 0 saturated heterocycles. The van der Waals surface area contributed by atoms with E-state index in [-0.39, 0.29) is 5.91 Å². The highest BCUT2D eigenvalue weighted by molar-refractivity contribution is 7.99. The van der Waals surface area contributed by atoms with Gasteiger partial charge in [-0.25, -0.2) is 0 Å². The molecule has 0 radical (unpaired) electrons. The van der Waals surface area contributed by atoms with Crippen molar-refractivity contribution in [2.24, 2.45) is 0 Å². The number of carbonyl (C=O) groups is 1. The van der Waals surface area contributed by atoms with E-state index in [0.29, 0.717) is 12.4 Å². The SMILES string of the molecule is CCc1ccc(NC(=O)CSCCOC)cc1. The molecule has 17 heavy (non-hydrogen) atoms. The third-order valence-electron chi connectivity index (χ3n) is 2.31. The maximum Gasteiger partial charge on any atom is 0.234 e. The number of rotatable bonds is 7. The summed E-state index contributed by atoms with van der Waals surface area (Å²) in [5, 5.41) is 2.87. The highest BCUT2D eigenvalue weighted by Gasteiger charge is 2.02. The van der Waals surface area contributed by atoms with Crippen molar-refractivity contribution in [3.05, 3.63) is 29.8 Å². The van der Waals surface area contributed by atoms with E-state index in [0.717, 1.165) is 17.9 Å². The molecule has 0 bridgehead atoms. The van der Waals surface area contributed by atoms with Crippen molar-refractivity contribution in [1.82, 2.24) is 0 Å². The normalized spacial score (nSPS) is 10.2. The van der Waals surface area contributed by atoms with Crippen LogP contribution in [0.1, 0.15) is 12.5 Å². The lowest BCUT2D eigenvalue weighted by atomic mass is 10.1. The predicted octanol–water partition coefficient (Wildman–Crippen LogP) is 2.57. The number of nitrogens with one attached hydrogen (secondary N) is 1. The molecule has 0 aliphatic heterocycles. The molecule has 0 fully saturated rings. The number of hydrogen-bond acceptors (Lipinski definition) is 3. The fourth-order valence-electron chi connectivity index (χ4n) is 1.33. The van der Waals surface area contributed by atoms with Gasteiger partial charge >= 0.3 is 0 Å². The van der Waals surface area contributed by atoms with Gasteiger partial charge < -0.3 is 10.1 Å². The van der Waals surface area contributed by atoms with Crippen molar-refractivity contribution in [3.63, 3.8) is 0 Å². The molecule has 3 nitrogen and oxygen atoms in total. The summed E-state index contributed by atoms with van der Waals surface area (Å²) in [5.74, 6) is 1.35. The van der Waals surface area contributed by atoms with Crippen molar-refractivity contribution in [1.29, 1.82) is 0 Å². The first-order chi connectivity index (χ1) is 8.26. The number of benzene rings is 1. The van der Waals surface area contributed by atoms with E-state index in [4.69, 9.17) is 4.74 Å². The Hall–Kier alpha value is -1.00. The Morgan fingerprint density at radius 1 is 1.35 bits per heavy atom. The van der Waals surface area contributed by atoms with E-state index in [1.165, 1.54) is 5.56 Å². The van der Waals surface area contributed by atoms with Crippen LogP contribution >= 0.6 is 11.8 Å². The molecule has 0 heterocycles. The molecule has 0 aliphatic carbocycles. The topological polar surface area (TPSA) is 38.3 Å². The van der Waals surface area contributed by atoms with Gasteiger partial charge in [-0.05, 0) is 24.1 Å². The summed E-state index contributed by atoms with van der Waals surface area (Å²) < 4.78 is 4.91. The average Bonchev–Trinajstić information content (AvgIpc) is 2.36. The highest BCUT2D eigenvalue weighted by Crippen LogP contribution is 2.10. The predicted molar refractivity (Wildman–Crippen MR) is 73.7 cm³/mol. The summed E-state index contributed by atoms with van der Waals surface area (Å²) in [6.45, 7) is 2.79. The Labute approximate surface area is 107 Å². The second-order valence-corrected chi connectivity index (χ2v) is 4.75. The molecular weight excluding hydrogens is 234 g/mol. The molecule has 0 unspecified atom stereocenters. The lowest BCUT2D eigenvalue weighted by Crippen LogP contribution is -2.14. The largest absolute Gasteiger partial charge is 0.384 e. The molecule has 1 aromatic rings.